The third-order valence-electron chi connectivity index (χ3n) is 5.39. The number of methoxy groups -OCH3 is 1. The van der Waals surface area contributed by atoms with Gasteiger partial charge < -0.3 is 14.4 Å². The maximum Gasteiger partial charge on any atom is 0.246 e. The van der Waals surface area contributed by atoms with Crippen molar-refractivity contribution >= 4 is 29.2 Å². The van der Waals surface area contributed by atoms with Crippen molar-refractivity contribution in [2.24, 2.45) is 0 Å². The third kappa shape index (κ3) is 4.51. The molecule has 0 aliphatic carbocycles. The molecule has 3 heterocycles. The molecule has 162 valence electrons. The predicted octanol–water partition coefficient (Wildman–Crippen LogP) is 4.21. The number of pyridine rings is 1. The molecule has 0 saturated carbocycles. The maximum absolute atomic E-state index is 12.9. The van der Waals surface area contributed by atoms with E-state index in [0.717, 1.165) is 36.4 Å². The molecule has 1 amide bonds. The van der Waals surface area contributed by atoms with E-state index in [2.05, 4.69) is 10.2 Å². The van der Waals surface area contributed by atoms with Gasteiger partial charge in [-0.15, -0.1) is 10.2 Å². The van der Waals surface area contributed by atoms with Crippen LogP contribution in [0.1, 0.15) is 37.1 Å². The molecule has 1 atom stereocenters. The molecule has 0 spiro atoms. The van der Waals surface area contributed by atoms with E-state index in [1.165, 1.54) is 0 Å². The second kappa shape index (κ2) is 9.39. The Bertz CT molecular complexity index is 1110. The topological polar surface area (TPSA) is 69.0 Å². The van der Waals surface area contributed by atoms with E-state index in [-0.39, 0.29) is 11.8 Å². The van der Waals surface area contributed by atoms with E-state index < -0.39 is 0 Å². The first-order chi connectivity index (χ1) is 15.1. The lowest BCUT2D eigenvalue weighted by molar-refractivity contribution is -0.127. The largest absolute Gasteiger partial charge is 0.491 e. The fourth-order valence-corrected chi connectivity index (χ4v) is 4.24. The number of carbonyl (C=O) groups is 1. The van der Waals surface area contributed by atoms with Crippen LogP contribution in [0.5, 0.6) is 11.5 Å². The van der Waals surface area contributed by atoms with Crippen molar-refractivity contribution in [2.45, 2.75) is 25.7 Å². The summed E-state index contributed by atoms with van der Waals surface area (Å²) in [6.45, 7) is 3.73. The van der Waals surface area contributed by atoms with Gasteiger partial charge >= 0.3 is 0 Å². The molecular formula is C23H25ClN4O3. The molecule has 2 aromatic heterocycles. The number of hydrogen-bond acceptors (Lipinski definition) is 5. The Kier molecular flexibility index (Phi) is 6.42. The summed E-state index contributed by atoms with van der Waals surface area (Å²) in [4.78, 5) is 14.7. The Labute approximate surface area is 186 Å². The Morgan fingerprint density at radius 1 is 1.32 bits per heavy atom. The number of likely N-dealkylation sites (tertiary alicyclic amines) is 1. The summed E-state index contributed by atoms with van der Waals surface area (Å²) < 4.78 is 12.9. The summed E-state index contributed by atoms with van der Waals surface area (Å²) in [5.74, 6) is 2.07. The van der Waals surface area contributed by atoms with E-state index in [1.807, 2.05) is 46.7 Å². The number of aromatic nitrogens is 3. The summed E-state index contributed by atoms with van der Waals surface area (Å²) in [5.41, 5.74) is 1.60. The van der Waals surface area contributed by atoms with Gasteiger partial charge in [-0.25, -0.2) is 0 Å². The summed E-state index contributed by atoms with van der Waals surface area (Å²) >= 11 is 6.31. The number of benzene rings is 1. The van der Waals surface area contributed by atoms with Gasteiger partial charge in [0.1, 0.15) is 5.82 Å². The summed E-state index contributed by atoms with van der Waals surface area (Å²) in [6.07, 6.45) is 7.21. The normalized spacial score (nSPS) is 16.7. The second-order valence-corrected chi connectivity index (χ2v) is 7.82. The van der Waals surface area contributed by atoms with Crippen molar-refractivity contribution in [1.29, 1.82) is 0 Å². The lowest BCUT2D eigenvalue weighted by Crippen LogP contribution is -2.38. The molecule has 1 aliphatic heterocycles. The number of amides is 1. The van der Waals surface area contributed by atoms with Crippen LogP contribution in [-0.2, 0) is 4.79 Å². The van der Waals surface area contributed by atoms with E-state index >= 15 is 0 Å². The van der Waals surface area contributed by atoms with Crippen LogP contribution >= 0.6 is 11.6 Å². The quantitative estimate of drug-likeness (QED) is 0.537. The van der Waals surface area contributed by atoms with Crippen LogP contribution in [0.2, 0.25) is 5.02 Å². The van der Waals surface area contributed by atoms with Crippen LogP contribution in [0.3, 0.4) is 0 Å². The first-order valence-electron chi connectivity index (χ1n) is 10.4. The van der Waals surface area contributed by atoms with Gasteiger partial charge in [0, 0.05) is 31.3 Å². The zero-order valence-corrected chi connectivity index (χ0v) is 18.4. The molecule has 0 bridgehead atoms. The molecule has 0 N–H and O–H groups in total. The van der Waals surface area contributed by atoms with Crippen molar-refractivity contribution < 1.29 is 14.3 Å². The van der Waals surface area contributed by atoms with Crippen molar-refractivity contribution in [3.05, 3.63) is 59.0 Å². The summed E-state index contributed by atoms with van der Waals surface area (Å²) in [7, 11) is 1.55. The van der Waals surface area contributed by atoms with E-state index in [9.17, 15) is 4.79 Å². The SMILES string of the molecule is CCOc1cc(/C=C/C(=O)N2CCCC(c3nnc4ccccn34)C2)cc(Cl)c1OC. The highest BCUT2D eigenvalue weighted by Gasteiger charge is 2.27. The molecule has 8 heteroatoms. The number of piperidine rings is 1. The molecule has 7 nitrogen and oxygen atoms in total. The molecule has 31 heavy (non-hydrogen) atoms. The average Bonchev–Trinajstić information content (AvgIpc) is 3.22. The number of nitrogens with zero attached hydrogens (tertiary/aromatic N) is 4. The highest BCUT2D eigenvalue weighted by Crippen LogP contribution is 2.36. The smallest absolute Gasteiger partial charge is 0.246 e. The Balaban J connectivity index is 1.49. The third-order valence-corrected chi connectivity index (χ3v) is 5.67. The monoisotopic (exact) mass is 440 g/mol. The van der Waals surface area contributed by atoms with Crippen LogP contribution in [-0.4, -0.2) is 52.2 Å². The van der Waals surface area contributed by atoms with Crippen LogP contribution in [0.4, 0.5) is 0 Å². The molecule has 0 radical (unpaired) electrons. The van der Waals surface area contributed by atoms with E-state index in [0.29, 0.717) is 29.7 Å². The molecule has 1 aliphatic rings. The van der Waals surface area contributed by atoms with E-state index in [1.54, 1.807) is 25.3 Å². The van der Waals surface area contributed by atoms with Crippen molar-refractivity contribution in [1.82, 2.24) is 19.5 Å². The molecule has 1 unspecified atom stereocenters. The van der Waals surface area contributed by atoms with E-state index in [4.69, 9.17) is 21.1 Å². The standard InChI is InChI=1S/C23H25ClN4O3/c1-3-31-19-14-16(13-18(24)22(19)30-2)9-10-21(29)27-11-6-7-17(15-27)23-26-25-20-8-4-5-12-28(20)23/h4-5,8-10,12-14,17H,3,6-7,11,15H2,1-2H3/b10-9+. The fourth-order valence-electron chi connectivity index (χ4n) is 3.94. The number of rotatable bonds is 6. The minimum atomic E-state index is -0.0385. The molecule has 4 rings (SSSR count). The first kappa shape index (κ1) is 21.2. The molecular weight excluding hydrogens is 416 g/mol. The van der Waals surface area contributed by atoms with Crippen LogP contribution in [0.25, 0.3) is 11.7 Å². The summed E-state index contributed by atoms with van der Waals surface area (Å²) in [6, 6.07) is 9.41. The highest BCUT2D eigenvalue weighted by atomic mass is 35.5. The van der Waals surface area contributed by atoms with Gasteiger partial charge in [0.25, 0.3) is 0 Å². The van der Waals surface area contributed by atoms with Crippen LogP contribution in [0.15, 0.2) is 42.6 Å². The van der Waals surface area contributed by atoms with Gasteiger partial charge in [-0.05, 0) is 55.7 Å². The minimum Gasteiger partial charge on any atom is -0.491 e. The van der Waals surface area contributed by atoms with Crippen LogP contribution in [0, 0.1) is 0 Å². The number of halogens is 1. The van der Waals surface area contributed by atoms with Crippen molar-refractivity contribution in [2.75, 3.05) is 26.8 Å². The second-order valence-electron chi connectivity index (χ2n) is 7.41. The van der Waals surface area contributed by atoms with Gasteiger partial charge in [0.05, 0.1) is 18.7 Å². The van der Waals surface area contributed by atoms with Gasteiger partial charge in [0.2, 0.25) is 5.91 Å². The lowest BCUT2D eigenvalue weighted by atomic mass is 9.97. The summed E-state index contributed by atoms with van der Waals surface area (Å²) in [5, 5.41) is 9.06. The molecule has 1 saturated heterocycles. The lowest BCUT2D eigenvalue weighted by Gasteiger charge is -2.31. The average molecular weight is 441 g/mol. The van der Waals surface area contributed by atoms with Crippen molar-refractivity contribution in [3.63, 3.8) is 0 Å². The number of fused-ring (bicyclic) bond motifs is 1. The molecule has 1 aromatic carbocycles. The van der Waals surface area contributed by atoms with Crippen molar-refractivity contribution in [3.8, 4) is 11.5 Å². The zero-order chi connectivity index (χ0) is 21.8. The predicted molar refractivity (Wildman–Crippen MR) is 120 cm³/mol. The van der Waals surface area contributed by atoms with Crippen LogP contribution < -0.4 is 9.47 Å². The Hall–Kier alpha value is -3.06. The fraction of sp³-hybridized carbons (Fsp3) is 0.348. The zero-order valence-electron chi connectivity index (χ0n) is 17.6. The number of ether oxygens (including phenoxy) is 2. The van der Waals surface area contributed by atoms with Gasteiger partial charge in [-0.1, -0.05) is 17.7 Å². The maximum atomic E-state index is 12.9. The molecule has 1 fully saturated rings. The van der Waals surface area contributed by atoms with Gasteiger partial charge in [0.15, 0.2) is 17.1 Å². The minimum absolute atomic E-state index is 0.0385. The molecule has 3 aromatic rings. The van der Waals surface area contributed by atoms with Gasteiger partial charge in [-0.2, -0.15) is 0 Å². The highest BCUT2D eigenvalue weighted by molar-refractivity contribution is 6.32. The first-order valence-corrected chi connectivity index (χ1v) is 10.8. The Morgan fingerprint density at radius 3 is 3.00 bits per heavy atom. The number of carbonyl (C=O) groups excluding carboxylic acids is 1. The van der Waals surface area contributed by atoms with Gasteiger partial charge in [-0.3, -0.25) is 9.20 Å². The number of hydrogen-bond donors (Lipinski definition) is 0. The Morgan fingerprint density at radius 2 is 2.19 bits per heavy atom.